The van der Waals surface area contributed by atoms with E-state index in [2.05, 4.69) is 11.8 Å². The maximum absolute atomic E-state index is 13.4. The predicted molar refractivity (Wildman–Crippen MR) is 122 cm³/mol. The second-order valence-corrected chi connectivity index (χ2v) is 8.61. The summed E-state index contributed by atoms with van der Waals surface area (Å²) in [5.41, 5.74) is 2.75. The largest absolute Gasteiger partial charge is 0.497 e. The predicted octanol–water partition coefficient (Wildman–Crippen LogP) is 6.35. The van der Waals surface area contributed by atoms with E-state index in [1.165, 1.54) is 12.1 Å². The van der Waals surface area contributed by atoms with E-state index in [-0.39, 0.29) is 11.9 Å². The standard InChI is InChI=1S/C23H26ClFN2O2S/c1-5-18(14-28-3)27(13-16-6-8-17(25)9-7-16)23-26-22(15(2)30-23)20-11-10-19(29-4)12-21(20)24/h6-12,18H,5,13-14H2,1-4H3. The first-order chi connectivity index (χ1) is 14.5. The highest BCUT2D eigenvalue weighted by atomic mass is 35.5. The molecule has 0 amide bonds. The molecule has 30 heavy (non-hydrogen) atoms. The van der Waals surface area contributed by atoms with Crippen LogP contribution in [-0.2, 0) is 11.3 Å². The Hall–Kier alpha value is -2.15. The Morgan fingerprint density at radius 1 is 1.17 bits per heavy atom. The van der Waals surface area contributed by atoms with Gasteiger partial charge in [0.1, 0.15) is 11.6 Å². The van der Waals surface area contributed by atoms with Crippen LogP contribution >= 0.6 is 22.9 Å². The number of aryl methyl sites for hydroxylation is 1. The average molecular weight is 449 g/mol. The minimum absolute atomic E-state index is 0.143. The zero-order valence-electron chi connectivity index (χ0n) is 17.6. The molecular formula is C23H26ClFN2O2S. The molecule has 3 rings (SSSR count). The molecule has 0 saturated carbocycles. The number of aromatic nitrogens is 1. The summed E-state index contributed by atoms with van der Waals surface area (Å²) in [5.74, 6) is 0.469. The molecule has 2 aromatic carbocycles. The summed E-state index contributed by atoms with van der Waals surface area (Å²) >= 11 is 8.13. The molecule has 0 spiro atoms. The summed E-state index contributed by atoms with van der Waals surface area (Å²) in [4.78, 5) is 8.26. The van der Waals surface area contributed by atoms with Gasteiger partial charge in [-0.05, 0) is 49.2 Å². The van der Waals surface area contributed by atoms with Gasteiger partial charge in [-0.2, -0.15) is 0 Å². The molecule has 7 heteroatoms. The number of anilines is 1. The lowest BCUT2D eigenvalue weighted by molar-refractivity contribution is 0.174. The van der Waals surface area contributed by atoms with Gasteiger partial charge in [0, 0.05) is 24.1 Å². The van der Waals surface area contributed by atoms with Crippen LogP contribution < -0.4 is 9.64 Å². The third kappa shape index (κ3) is 5.12. The van der Waals surface area contributed by atoms with Crippen molar-refractivity contribution in [1.82, 2.24) is 4.98 Å². The molecule has 0 radical (unpaired) electrons. The zero-order valence-corrected chi connectivity index (χ0v) is 19.2. The van der Waals surface area contributed by atoms with Crippen molar-refractivity contribution in [1.29, 1.82) is 0 Å². The van der Waals surface area contributed by atoms with Crippen molar-refractivity contribution < 1.29 is 13.9 Å². The Labute approximate surface area is 186 Å². The second kappa shape index (κ2) is 10.2. The Kier molecular flexibility index (Phi) is 7.69. The first kappa shape index (κ1) is 22.5. The lowest BCUT2D eigenvalue weighted by atomic mass is 10.1. The molecule has 0 bridgehead atoms. The van der Waals surface area contributed by atoms with Crippen LogP contribution in [-0.4, -0.2) is 31.9 Å². The summed E-state index contributed by atoms with van der Waals surface area (Å²) < 4.78 is 24.1. The van der Waals surface area contributed by atoms with Crippen molar-refractivity contribution in [3.8, 4) is 17.0 Å². The van der Waals surface area contributed by atoms with Gasteiger partial charge in [0.25, 0.3) is 0 Å². The van der Waals surface area contributed by atoms with Gasteiger partial charge in [-0.25, -0.2) is 9.37 Å². The van der Waals surface area contributed by atoms with E-state index in [1.807, 2.05) is 31.2 Å². The lowest BCUT2D eigenvalue weighted by Gasteiger charge is -2.30. The fraction of sp³-hybridized carbons (Fsp3) is 0.348. The highest BCUT2D eigenvalue weighted by Crippen LogP contribution is 2.38. The molecule has 4 nitrogen and oxygen atoms in total. The lowest BCUT2D eigenvalue weighted by Crippen LogP contribution is -2.37. The Bertz CT molecular complexity index is 978. The summed E-state index contributed by atoms with van der Waals surface area (Å²) in [5, 5.41) is 1.49. The van der Waals surface area contributed by atoms with Crippen molar-refractivity contribution in [2.24, 2.45) is 0 Å². The van der Waals surface area contributed by atoms with Crippen molar-refractivity contribution in [3.63, 3.8) is 0 Å². The third-order valence-corrected chi connectivity index (χ3v) is 6.32. The molecule has 0 saturated heterocycles. The molecule has 1 heterocycles. The van der Waals surface area contributed by atoms with Gasteiger partial charge >= 0.3 is 0 Å². The summed E-state index contributed by atoms with van der Waals surface area (Å²) in [7, 11) is 3.32. The highest BCUT2D eigenvalue weighted by Gasteiger charge is 2.23. The molecule has 3 aromatic rings. The highest BCUT2D eigenvalue weighted by molar-refractivity contribution is 7.16. The monoisotopic (exact) mass is 448 g/mol. The number of halogens is 2. The van der Waals surface area contributed by atoms with Crippen LogP contribution in [0, 0.1) is 12.7 Å². The molecule has 1 aromatic heterocycles. The molecule has 0 aliphatic rings. The van der Waals surface area contributed by atoms with E-state index in [9.17, 15) is 4.39 Å². The van der Waals surface area contributed by atoms with E-state index in [0.29, 0.717) is 23.9 Å². The smallest absolute Gasteiger partial charge is 0.186 e. The normalized spacial score (nSPS) is 12.1. The van der Waals surface area contributed by atoms with Crippen LogP contribution in [0.25, 0.3) is 11.3 Å². The topological polar surface area (TPSA) is 34.6 Å². The number of hydrogen-bond acceptors (Lipinski definition) is 5. The Morgan fingerprint density at radius 2 is 1.90 bits per heavy atom. The number of benzene rings is 2. The van der Waals surface area contributed by atoms with Gasteiger partial charge in [-0.15, -0.1) is 11.3 Å². The van der Waals surface area contributed by atoms with Crippen LogP contribution in [0.15, 0.2) is 42.5 Å². The maximum atomic E-state index is 13.4. The van der Waals surface area contributed by atoms with Gasteiger partial charge in [0.05, 0.1) is 30.5 Å². The number of nitrogens with zero attached hydrogens (tertiary/aromatic N) is 2. The van der Waals surface area contributed by atoms with E-state index in [0.717, 1.165) is 33.3 Å². The van der Waals surface area contributed by atoms with Crippen LogP contribution in [0.4, 0.5) is 9.52 Å². The fourth-order valence-corrected chi connectivity index (χ4v) is 4.58. The van der Waals surface area contributed by atoms with Crippen LogP contribution in [0.1, 0.15) is 23.8 Å². The van der Waals surface area contributed by atoms with Crippen molar-refractivity contribution >= 4 is 28.1 Å². The molecule has 1 unspecified atom stereocenters. The Morgan fingerprint density at radius 3 is 2.50 bits per heavy atom. The second-order valence-electron chi connectivity index (χ2n) is 7.02. The SMILES string of the molecule is CCC(COC)N(Cc1ccc(F)cc1)c1nc(-c2ccc(OC)cc2Cl)c(C)s1. The van der Waals surface area contributed by atoms with Crippen LogP contribution in [0.3, 0.4) is 0 Å². The van der Waals surface area contributed by atoms with E-state index >= 15 is 0 Å². The van der Waals surface area contributed by atoms with Crippen molar-refractivity contribution in [2.75, 3.05) is 25.7 Å². The third-order valence-electron chi connectivity index (χ3n) is 5.00. The van der Waals surface area contributed by atoms with E-state index in [4.69, 9.17) is 26.1 Å². The van der Waals surface area contributed by atoms with Gasteiger partial charge in [-0.3, -0.25) is 0 Å². The van der Waals surface area contributed by atoms with Crippen LogP contribution in [0.2, 0.25) is 5.02 Å². The summed E-state index contributed by atoms with van der Waals surface area (Å²) in [6.07, 6.45) is 0.895. The van der Waals surface area contributed by atoms with Crippen molar-refractivity contribution in [3.05, 3.63) is 63.7 Å². The van der Waals surface area contributed by atoms with E-state index < -0.39 is 0 Å². The number of thiazole rings is 1. The quantitative estimate of drug-likeness (QED) is 0.382. The van der Waals surface area contributed by atoms with Crippen LogP contribution in [0.5, 0.6) is 5.75 Å². The summed E-state index contributed by atoms with van der Waals surface area (Å²) in [6.45, 7) is 5.37. The minimum Gasteiger partial charge on any atom is -0.497 e. The van der Waals surface area contributed by atoms with Gasteiger partial charge in [0.15, 0.2) is 5.13 Å². The van der Waals surface area contributed by atoms with Gasteiger partial charge < -0.3 is 14.4 Å². The molecule has 0 aliphatic carbocycles. The molecule has 0 aliphatic heterocycles. The zero-order chi connectivity index (χ0) is 21.7. The number of hydrogen-bond donors (Lipinski definition) is 0. The fourth-order valence-electron chi connectivity index (χ4n) is 3.33. The number of methoxy groups -OCH3 is 2. The number of ether oxygens (including phenoxy) is 2. The maximum Gasteiger partial charge on any atom is 0.186 e. The number of rotatable bonds is 9. The van der Waals surface area contributed by atoms with Gasteiger partial charge in [0.2, 0.25) is 0 Å². The van der Waals surface area contributed by atoms with E-state index in [1.54, 1.807) is 31.6 Å². The van der Waals surface area contributed by atoms with Gasteiger partial charge in [-0.1, -0.05) is 30.7 Å². The minimum atomic E-state index is -0.240. The summed E-state index contributed by atoms with van der Waals surface area (Å²) in [6, 6.07) is 12.4. The molecule has 0 fully saturated rings. The first-order valence-electron chi connectivity index (χ1n) is 9.78. The molecule has 160 valence electrons. The molecule has 0 N–H and O–H groups in total. The Balaban J connectivity index is 1.99. The molecule has 1 atom stereocenters. The molecular weight excluding hydrogens is 423 g/mol. The average Bonchev–Trinajstić information content (AvgIpc) is 3.12. The van der Waals surface area contributed by atoms with Crippen molar-refractivity contribution in [2.45, 2.75) is 32.9 Å². The first-order valence-corrected chi connectivity index (χ1v) is 11.0.